The number of halogens is 2. The van der Waals surface area contributed by atoms with Crippen LogP contribution in [0.25, 0.3) is 0 Å². The van der Waals surface area contributed by atoms with E-state index in [9.17, 15) is 14.0 Å². The van der Waals surface area contributed by atoms with Gasteiger partial charge in [-0.1, -0.05) is 18.5 Å². The summed E-state index contributed by atoms with van der Waals surface area (Å²) in [6, 6.07) is 4.07. The highest BCUT2D eigenvalue weighted by atomic mass is 35.5. The number of nitrogens with one attached hydrogen (secondary N) is 2. The monoisotopic (exact) mass is 474 g/mol. The molecule has 1 atom stereocenters. The Morgan fingerprint density at radius 2 is 1.97 bits per heavy atom. The largest absolute Gasteiger partial charge is 0.484 e. The van der Waals surface area contributed by atoms with E-state index in [1.807, 2.05) is 6.92 Å². The number of hydrogen-bond donors (Lipinski definition) is 2. The third-order valence-corrected chi connectivity index (χ3v) is 7.43. The van der Waals surface area contributed by atoms with Gasteiger partial charge in [0.1, 0.15) is 11.6 Å². The number of carbonyl (C=O) groups excluding carboxylic acids is 2. The maximum atomic E-state index is 13.6. The van der Waals surface area contributed by atoms with E-state index >= 15 is 0 Å². The molecule has 1 unspecified atom stereocenters. The van der Waals surface area contributed by atoms with Crippen LogP contribution < -0.4 is 15.4 Å². The van der Waals surface area contributed by atoms with Crippen LogP contribution in [0.2, 0.25) is 5.02 Å². The van der Waals surface area contributed by atoms with Crippen LogP contribution in [-0.4, -0.2) is 33.9 Å². The molecule has 1 aromatic heterocycles. The van der Waals surface area contributed by atoms with E-state index in [0.717, 1.165) is 36.7 Å². The lowest BCUT2D eigenvalue weighted by atomic mass is 9.52. The van der Waals surface area contributed by atoms with Gasteiger partial charge in [-0.3, -0.25) is 19.6 Å². The predicted molar refractivity (Wildman–Crippen MR) is 121 cm³/mol. The Bertz CT molecular complexity index is 1040. The van der Waals surface area contributed by atoms with E-state index in [2.05, 4.69) is 27.5 Å². The van der Waals surface area contributed by atoms with E-state index in [4.69, 9.17) is 16.3 Å². The Morgan fingerprint density at radius 3 is 2.61 bits per heavy atom. The van der Waals surface area contributed by atoms with Crippen LogP contribution in [0.3, 0.4) is 0 Å². The van der Waals surface area contributed by atoms with Crippen LogP contribution in [0.5, 0.6) is 5.75 Å². The molecule has 3 saturated carbocycles. The van der Waals surface area contributed by atoms with Crippen molar-refractivity contribution < 1.29 is 18.7 Å². The third-order valence-electron chi connectivity index (χ3n) is 7.12. The lowest BCUT2D eigenvalue weighted by molar-refractivity contribution is -0.146. The number of aryl methyl sites for hydroxylation is 1. The molecule has 0 aliphatic heterocycles. The van der Waals surface area contributed by atoms with Gasteiger partial charge in [-0.25, -0.2) is 4.39 Å². The summed E-state index contributed by atoms with van der Waals surface area (Å²) in [5, 5.41) is 6.18. The number of hydrogen-bond acceptors (Lipinski definition) is 5. The van der Waals surface area contributed by atoms with Crippen LogP contribution >= 0.6 is 11.6 Å². The fraction of sp³-hybridized carbons (Fsp3) is 0.500. The van der Waals surface area contributed by atoms with Crippen molar-refractivity contribution in [2.45, 2.75) is 58.0 Å². The van der Waals surface area contributed by atoms with Gasteiger partial charge in [-0.15, -0.1) is 0 Å². The Kier molecular flexibility index (Phi) is 6.56. The van der Waals surface area contributed by atoms with Gasteiger partial charge in [0.25, 0.3) is 5.91 Å². The maximum absolute atomic E-state index is 13.6. The van der Waals surface area contributed by atoms with Crippen molar-refractivity contribution in [1.82, 2.24) is 20.6 Å². The molecule has 2 bridgehead atoms. The number of rotatable bonds is 7. The molecule has 33 heavy (non-hydrogen) atoms. The van der Waals surface area contributed by atoms with E-state index in [1.54, 1.807) is 12.4 Å². The SMILES string of the molecule is Cc1cnc(CNC(=O)C23CCC(NC(=O)COc4ccc(Cl)c(F)c4)(CC2)CC3C)cn1. The first-order chi connectivity index (χ1) is 15.7. The molecule has 2 amide bonds. The summed E-state index contributed by atoms with van der Waals surface area (Å²) in [5.74, 6) is -0.431. The van der Waals surface area contributed by atoms with Gasteiger partial charge in [0, 0.05) is 17.8 Å². The summed E-state index contributed by atoms with van der Waals surface area (Å²) >= 11 is 5.67. The van der Waals surface area contributed by atoms with Crippen molar-refractivity contribution >= 4 is 23.4 Å². The second-order valence-corrected chi connectivity index (χ2v) is 9.69. The molecule has 7 nitrogen and oxygen atoms in total. The fourth-order valence-corrected chi connectivity index (χ4v) is 5.30. The average molecular weight is 475 g/mol. The minimum atomic E-state index is -0.592. The highest BCUT2D eigenvalue weighted by molar-refractivity contribution is 6.30. The Hall–Kier alpha value is -2.74. The lowest BCUT2D eigenvalue weighted by Crippen LogP contribution is -2.63. The van der Waals surface area contributed by atoms with Crippen molar-refractivity contribution in [1.29, 1.82) is 0 Å². The molecule has 3 fully saturated rings. The van der Waals surface area contributed by atoms with Gasteiger partial charge in [0.05, 0.1) is 34.6 Å². The highest BCUT2D eigenvalue weighted by Crippen LogP contribution is 2.55. The van der Waals surface area contributed by atoms with Crippen LogP contribution in [0.4, 0.5) is 4.39 Å². The zero-order chi connectivity index (χ0) is 23.6. The van der Waals surface area contributed by atoms with Gasteiger partial charge >= 0.3 is 0 Å². The van der Waals surface area contributed by atoms with Crippen LogP contribution in [0.1, 0.15) is 50.4 Å². The average Bonchev–Trinajstić information content (AvgIpc) is 2.80. The van der Waals surface area contributed by atoms with Gasteiger partial charge in [-0.2, -0.15) is 0 Å². The summed E-state index contributed by atoms with van der Waals surface area (Å²) < 4.78 is 19.0. The quantitative estimate of drug-likeness (QED) is 0.637. The number of amides is 2. The molecule has 0 radical (unpaired) electrons. The molecule has 3 aliphatic rings. The summed E-state index contributed by atoms with van der Waals surface area (Å²) in [7, 11) is 0. The molecule has 0 spiro atoms. The normalized spacial score (nSPS) is 26.0. The van der Waals surface area contributed by atoms with Gasteiger partial charge in [-0.05, 0) is 57.1 Å². The Balaban J connectivity index is 1.31. The number of aromatic nitrogens is 2. The number of ether oxygens (including phenoxy) is 1. The van der Waals surface area contributed by atoms with E-state index in [-0.39, 0.29) is 40.7 Å². The van der Waals surface area contributed by atoms with Gasteiger partial charge in [0.15, 0.2) is 6.61 Å². The summed E-state index contributed by atoms with van der Waals surface area (Å²) in [6.45, 7) is 4.09. The van der Waals surface area contributed by atoms with E-state index in [0.29, 0.717) is 19.4 Å². The number of nitrogens with zero attached hydrogens (tertiary/aromatic N) is 2. The molecule has 176 valence electrons. The third kappa shape index (κ3) is 4.95. The smallest absolute Gasteiger partial charge is 0.258 e. The van der Waals surface area contributed by atoms with Crippen LogP contribution in [-0.2, 0) is 16.1 Å². The Morgan fingerprint density at radius 1 is 1.21 bits per heavy atom. The minimum absolute atomic E-state index is 0.00315. The zero-order valence-electron chi connectivity index (χ0n) is 18.8. The van der Waals surface area contributed by atoms with Crippen molar-refractivity contribution in [2.24, 2.45) is 11.3 Å². The van der Waals surface area contributed by atoms with Crippen molar-refractivity contribution in [3.05, 3.63) is 52.8 Å². The number of benzene rings is 1. The summed E-state index contributed by atoms with van der Waals surface area (Å²) in [4.78, 5) is 34.3. The molecule has 9 heteroatoms. The molecule has 0 saturated heterocycles. The van der Waals surface area contributed by atoms with Crippen molar-refractivity contribution in [3.8, 4) is 5.75 Å². The zero-order valence-corrected chi connectivity index (χ0v) is 19.5. The maximum Gasteiger partial charge on any atom is 0.258 e. The van der Waals surface area contributed by atoms with Crippen molar-refractivity contribution in [3.63, 3.8) is 0 Å². The highest BCUT2D eigenvalue weighted by Gasteiger charge is 2.56. The first-order valence-electron chi connectivity index (χ1n) is 11.2. The minimum Gasteiger partial charge on any atom is -0.484 e. The molecule has 2 N–H and O–H groups in total. The lowest BCUT2D eigenvalue weighted by Gasteiger charge is -2.56. The van der Waals surface area contributed by atoms with Crippen LogP contribution in [0, 0.1) is 24.1 Å². The second kappa shape index (κ2) is 9.25. The first-order valence-corrected chi connectivity index (χ1v) is 11.5. The molecule has 1 heterocycles. The molecule has 1 aromatic carbocycles. The van der Waals surface area contributed by atoms with E-state index in [1.165, 1.54) is 12.1 Å². The summed E-state index contributed by atoms with van der Waals surface area (Å²) in [6.07, 6.45) is 6.98. The van der Waals surface area contributed by atoms with Gasteiger partial charge < -0.3 is 15.4 Å². The molecule has 5 rings (SSSR count). The Labute approximate surface area is 197 Å². The second-order valence-electron chi connectivity index (χ2n) is 9.29. The first kappa shape index (κ1) is 23.4. The fourth-order valence-electron chi connectivity index (χ4n) is 5.18. The predicted octanol–water partition coefficient (Wildman–Crippen LogP) is 3.73. The number of carbonyl (C=O) groups is 2. The van der Waals surface area contributed by atoms with Crippen LogP contribution in [0.15, 0.2) is 30.6 Å². The van der Waals surface area contributed by atoms with Gasteiger partial charge in [0.2, 0.25) is 5.91 Å². The molecule has 3 aliphatic carbocycles. The molecular weight excluding hydrogens is 447 g/mol. The van der Waals surface area contributed by atoms with E-state index < -0.39 is 11.2 Å². The van der Waals surface area contributed by atoms with Crippen molar-refractivity contribution in [2.75, 3.05) is 6.61 Å². The molecular formula is C24H28ClFN4O3. The summed E-state index contributed by atoms with van der Waals surface area (Å²) in [5.41, 5.74) is 0.796. The number of fused-ring (bicyclic) bond motifs is 3. The standard InChI is InChI=1S/C24H28ClFN4O3/c1-15-10-23(30-21(31)14-33-18-3-4-19(25)20(26)9-18)5-7-24(15,8-6-23)22(32)29-13-17-12-27-16(2)11-28-17/h3-4,9,11-12,15H,5-8,10,13-14H2,1-2H3,(H,29,32)(H,30,31). The molecule has 2 aromatic rings. The topological polar surface area (TPSA) is 93.2 Å².